The monoisotopic (exact) mass is 424 g/mol. The molecule has 0 bridgehead atoms. The molecule has 4 rings (SSSR count). The number of amides is 1. The highest BCUT2D eigenvalue weighted by Gasteiger charge is 2.40. The number of azide groups is 1. The third kappa shape index (κ3) is 4.42. The maximum Gasteiger partial charge on any atom is 0.252 e. The molecule has 0 spiro atoms. The first-order chi connectivity index (χ1) is 15.1. The van der Waals surface area contributed by atoms with Gasteiger partial charge in [-0.15, -0.1) is 0 Å². The van der Waals surface area contributed by atoms with E-state index in [2.05, 4.69) is 16.1 Å². The summed E-state index contributed by atoms with van der Waals surface area (Å²) in [5.41, 5.74) is 12.0. The molecular weight excluding hydrogens is 399 g/mol. The van der Waals surface area contributed by atoms with Gasteiger partial charge in [0.2, 0.25) is 0 Å². The molecule has 2 aliphatic heterocycles. The van der Waals surface area contributed by atoms with Crippen molar-refractivity contribution in [1.82, 2.24) is 4.90 Å². The second-order valence-electron chi connectivity index (χ2n) is 7.76. The van der Waals surface area contributed by atoms with Gasteiger partial charge in [-0.05, 0) is 54.1 Å². The minimum Gasteiger partial charge on any atom is -0.376 e. The van der Waals surface area contributed by atoms with Gasteiger partial charge in [0.05, 0.1) is 24.8 Å². The zero-order valence-electron chi connectivity index (χ0n) is 17.4. The fourth-order valence-electron chi connectivity index (χ4n) is 4.49. The van der Waals surface area contributed by atoms with Crippen molar-refractivity contribution in [2.75, 3.05) is 19.8 Å². The lowest BCUT2D eigenvalue weighted by Crippen LogP contribution is -2.51. The minimum atomic E-state index is -0.722. The average Bonchev–Trinajstić information content (AvgIpc) is 2.80. The van der Waals surface area contributed by atoms with Crippen molar-refractivity contribution in [2.45, 2.75) is 44.1 Å². The molecule has 1 fully saturated rings. The van der Waals surface area contributed by atoms with Crippen LogP contribution in [0, 0.1) is 5.82 Å². The van der Waals surface area contributed by atoms with Crippen molar-refractivity contribution in [3.8, 4) is 0 Å². The first-order valence-corrected chi connectivity index (χ1v) is 10.5. The molecule has 1 saturated heterocycles. The highest BCUT2D eigenvalue weighted by Crippen LogP contribution is 2.36. The van der Waals surface area contributed by atoms with E-state index in [1.54, 1.807) is 17.0 Å². The molecule has 2 aromatic rings. The minimum absolute atomic E-state index is 0.156. The average molecular weight is 424 g/mol. The summed E-state index contributed by atoms with van der Waals surface area (Å²) in [4.78, 5) is 18.3. The molecule has 4 atom stereocenters. The van der Waals surface area contributed by atoms with Crippen LogP contribution in [0.25, 0.3) is 10.4 Å². The molecule has 1 amide bonds. The molecule has 0 N–H and O–H groups in total. The van der Waals surface area contributed by atoms with Crippen molar-refractivity contribution in [3.63, 3.8) is 0 Å². The van der Waals surface area contributed by atoms with E-state index in [-0.39, 0.29) is 36.9 Å². The Labute approximate surface area is 180 Å². The maximum absolute atomic E-state index is 13.6. The van der Waals surface area contributed by atoms with Crippen LogP contribution in [0.2, 0.25) is 0 Å². The summed E-state index contributed by atoms with van der Waals surface area (Å²) < 4.78 is 25.0. The Morgan fingerprint density at radius 1 is 1.29 bits per heavy atom. The number of nitrogens with zero attached hydrogens (tertiary/aromatic N) is 4. The first-order valence-electron chi connectivity index (χ1n) is 10.5. The van der Waals surface area contributed by atoms with Crippen molar-refractivity contribution in [1.29, 1.82) is 0 Å². The van der Waals surface area contributed by atoms with E-state index in [9.17, 15) is 9.18 Å². The van der Waals surface area contributed by atoms with Crippen LogP contribution in [0.4, 0.5) is 4.39 Å². The van der Waals surface area contributed by atoms with Gasteiger partial charge >= 0.3 is 0 Å². The van der Waals surface area contributed by atoms with Gasteiger partial charge in [-0.2, -0.15) is 0 Å². The molecule has 2 aliphatic rings. The molecule has 162 valence electrons. The van der Waals surface area contributed by atoms with Gasteiger partial charge in [-0.3, -0.25) is 4.79 Å². The van der Waals surface area contributed by atoms with Crippen molar-refractivity contribution in [3.05, 3.63) is 81.5 Å². The summed E-state index contributed by atoms with van der Waals surface area (Å²) in [6.07, 6.45) is -0.0875. The zero-order valence-corrected chi connectivity index (χ0v) is 17.4. The Balaban J connectivity index is 1.63. The van der Waals surface area contributed by atoms with Crippen LogP contribution in [0.5, 0.6) is 0 Å². The maximum atomic E-state index is 13.6. The zero-order chi connectivity index (χ0) is 21.8. The van der Waals surface area contributed by atoms with Crippen LogP contribution in [0.3, 0.4) is 0 Å². The molecule has 0 radical (unpaired) electrons. The number of benzene rings is 2. The van der Waals surface area contributed by atoms with Gasteiger partial charge in [-0.25, -0.2) is 4.39 Å². The summed E-state index contributed by atoms with van der Waals surface area (Å²) in [5, 5.41) is 3.85. The van der Waals surface area contributed by atoms with E-state index in [4.69, 9.17) is 15.0 Å². The molecule has 7 nitrogen and oxygen atoms in total. The summed E-state index contributed by atoms with van der Waals surface area (Å²) >= 11 is 0. The number of hydrogen-bond donors (Lipinski definition) is 0. The molecule has 0 unspecified atom stereocenters. The number of rotatable bonds is 5. The Bertz CT molecular complexity index is 977. The predicted octanol–water partition coefficient (Wildman–Crippen LogP) is 4.17. The highest BCUT2D eigenvalue weighted by atomic mass is 19.1. The number of halogens is 1. The SMILES string of the molecule is CCO[C@H]1CO[C@@H](C(=O)N2CCc3ccccc3[C@@H]2c2ccc(F)cc2)C[C@@H]1N=[N+]=[N-]. The van der Waals surface area contributed by atoms with Crippen LogP contribution in [0.15, 0.2) is 53.6 Å². The van der Waals surface area contributed by atoms with E-state index in [0.29, 0.717) is 13.2 Å². The number of carbonyl (C=O) groups is 1. The van der Waals surface area contributed by atoms with E-state index >= 15 is 0 Å². The Morgan fingerprint density at radius 2 is 2.06 bits per heavy atom. The van der Waals surface area contributed by atoms with Gasteiger partial charge in [-0.1, -0.05) is 41.5 Å². The Kier molecular flexibility index (Phi) is 6.51. The van der Waals surface area contributed by atoms with Gasteiger partial charge in [0.25, 0.3) is 5.91 Å². The lowest BCUT2D eigenvalue weighted by atomic mass is 9.87. The largest absolute Gasteiger partial charge is 0.376 e. The van der Waals surface area contributed by atoms with E-state index < -0.39 is 12.1 Å². The Hall–Kier alpha value is -2.93. The molecule has 2 heterocycles. The van der Waals surface area contributed by atoms with Crippen LogP contribution >= 0.6 is 0 Å². The molecule has 0 aliphatic carbocycles. The van der Waals surface area contributed by atoms with E-state index in [1.807, 2.05) is 25.1 Å². The fraction of sp³-hybridized carbons (Fsp3) is 0.435. The fourth-order valence-corrected chi connectivity index (χ4v) is 4.49. The van der Waals surface area contributed by atoms with E-state index in [1.165, 1.54) is 17.7 Å². The van der Waals surface area contributed by atoms with E-state index in [0.717, 1.165) is 17.5 Å². The summed E-state index contributed by atoms with van der Waals surface area (Å²) in [6, 6.07) is 13.5. The Morgan fingerprint density at radius 3 is 2.81 bits per heavy atom. The first kappa shape index (κ1) is 21.3. The van der Waals surface area contributed by atoms with Crippen LogP contribution in [0.1, 0.15) is 36.1 Å². The molecular formula is C23H25FN4O3. The molecule has 8 heteroatoms. The number of ether oxygens (including phenoxy) is 2. The van der Waals surface area contributed by atoms with Crippen LogP contribution in [-0.4, -0.2) is 48.8 Å². The summed E-state index contributed by atoms with van der Waals surface area (Å²) in [5.74, 6) is -0.475. The van der Waals surface area contributed by atoms with Crippen LogP contribution in [-0.2, 0) is 20.7 Å². The van der Waals surface area contributed by atoms with Crippen LogP contribution < -0.4 is 0 Å². The molecule has 0 saturated carbocycles. The highest BCUT2D eigenvalue weighted by molar-refractivity contribution is 5.82. The third-order valence-electron chi connectivity index (χ3n) is 5.95. The third-order valence-corrected chi connectivity index (χ3v) is 5.95. The second kappa shape index (κ2) is 9.47. The van der Waals surface area contributed by atoms with Crippen molar-refractivity contribution < 1.29 is 18.7 Å². The lowest BCUT2D eigenvalue weighted by Gasteiger charge is -2.41. The van der Waals surface area contributed by atoms with Gasteiger partial charge in [0.1, 0.15) is 11.9 Å². The smallest absolute Gasteiger partial charge is 0.252 e. The van der Waals surface area contributed by atoms with Crippen molar-refractivity contribution in [2.24, 2.45) is 5.11 Å². The molecule has 0 aromatic heterocycles. The summed E-state index contributed by atoms with van der Waals surface area (Å²) in [6.45, 7) is 3.06. The van der Waals surface area contributed by atoms with Gasteiger partial charge < -0.3 is 14.4 Å². The standard InChI is InChI=1S/C23H25FN4O3/c1-2-30-21-14-31-20(13-19(21)26-27-25)23(29)28-12-11-15-5-3-4-6-18(15)22(28)16-7-9-17(24)10-8-16/h3-10,19-22H,2,11-14H2,1H3/t19-,20+,21-,22-/m0/s1. The second-order valence-corrected chi connectivity index (χ2v) is 7.76. The summed E-state index contributed by atoms with van der Waals surface area (Å²) in [7, 11) is 0. The normalized spacial score (nSPS) is 25.4. The topological polar surface area (TPSA) is 87.5 Å². The number of fused-ring (bicyclic) bond motifs is 1. The number of hydrogen-bond acceptors (Lipinski definition) is 4. The number of carbonyl (C=O) groups excluding carboxylic acids is 1. The quantitative estimate of drug-likeness (QED) is 0.410. The molecule has 31 heavy (non-hydrogen) atoms. The predicted molar refractivity (Wildman–Crippen MR) is 113 cm³/mol. The van der Waals surface area contributed by atoms with Gasteiger partial charge in [0.15, 0.2) is 0 Å². The molecule has 2 aromatic carbocycles. The lowest BCUT2D eigenvalue weighted by molar-refractivity contribution is -0.157. The van der Waals surface area contributed by atoms with Crippen molar-refractivity contribution >= 4 is 5.91 Å². The van der Waals surface area contributed by atoms with Gasteiger partial charge in [0, 0.05) is 18.1 Å².